The van der Waals surface area contributed by atoms with Gasteiger partial charge in [0.25, 0.3) is 0 Å². The van der Waals surface area contributed by atoms with Crippen molar-refractivity contribution < 1.29 is 5.11 Å². The van der Waals surface area contributed by atoms with E-state index in [1.807, 2.05) is 18.3 Å². The summed E-state index contributed by atoms with van der Waals surface area (Å²) in [7, 11) is 0. The van der Waals surface area contributed by atoms with Gasteiger partial charge in [-0.2, -0.15) is 0 Å². The molecular formula is C14H9I2N3O. The first-order valence-corrected chi connectivity index (χ1v) is 7.96. The van der Waals surface area contributed by atoms with Gasteiger partial charge in [0.1, 0.15) is 11.4 Å². The molecule has 20 heavy (non-hydrogen) atoms. The lowest BCUT2D eigenvalue weighted by molar-refractivity contribution is 0.475. The second-order valence-corrected chi connectivity index (χ2v) is 6.71. The van der Waals surface area contributed by atoms with Gasteiger partial charge in [0, 0.05) is 12.7 Å². The van der Waals surface area contributed by atoms with E-state index in [4.69, 9.17) is 0 Å². The first-order valence-electron chi connectivity index (χ1n) is 5.80. The van der Waals surface area contributed by atoms with E-state index in [0.29, 0.717) is 0 Å². The van der Waals surface area contributed by atoms with Crippen molar-refractivity contribution in [3.8, 4) is 22.7 Å². The third-order valence-corrected chi connectivity index (χ3v) is 4.01. The fraction of sp³-hybridized carbons (Fsp3) is 0. The molecule has 0 amide bonds. The number of aromatic hydroxyl groups is 1. The Labute approximate surface area is 143 Å². The average molecular weight is 489 g/mol. The largest absolute Gasteiger partial charge is 0.508 e. The van der Waals surface area contributed by atoms with Crippen LogP contribution in [0.5, 0.6) is 5.75 Å². The molecule has 0 saturated carbocycles. The van der Waals surface area contributed by atoms with E-state index in [0.717, 1.165) is 24.1 Å². The molecular weight excluding hydrogens is 480 g/mol. The minimum atomic E-state index is 0.244. The fourth-order valence-corrected chi connectivity index (χ4v) is 3.73. The number of aromatic nitrogens is 3. The number of hydrogen-bond acceptors (Lipinski definition) is 3. The van der Waals surface area contributed by atoms with E-state index in [-0.39, 0.29) is 5.75 Å². The predicted molar refractivity (Wildman–Crippen MR) is 93.9 cm³/mol. The SMILES string of the molecule is Oc1ccc(-c2cn(-c3cc(I)cc(I)c3)nn2)cc1. The number of phenolic OH excluding ortho intramolecular Hbond substituents is 1. The first kappa shape index (κ1) is 13.8. The highest BCUT2D eigenvalue weighted by Gasteiger charge is 2.06. The Morgan fingerprint density at radius 2 is 1.60 bits per heavy atom. The van der Waals surface area contributed by atoms with Crippen LogP contribution in [0.1, 0.15) is 0 Å². The summed E-state index contributed by atoms with van der Waals surface area (Å²) in [6, 6.07) is 13.1. The van der Waals surface area contributed by atoms with Gasteiger partial charge in [0.2, 0.25) is 0 Å². The summed E-state index contributed by atoms with van der Waals surface area (Å²) in [4.78, 5) is 0. The molecule has 0 fully saturated rings. The molecule has 100 valence electrons. The topological polar surface area (TPSA) is 50.9 Å². The number of nitrogens with zero attached hydrogens (tertiary/aromatic N) is 3. The Balaban J connectivity index is 1.99. The fourth-order valence-electron chi connectivity index (χ4n) is 1.83. The standard InChI is InChI=1S/C14H9I2N3O/c15-10-5-11(16)7-12(6-10)19-8-14(17-18-19)9-1-3-13(20)4-2-9/h1-8,20H. The lowest BCUT2D eigenvalue weighted by Crippen LogP contribution is -1.96. The third kappa shape index (κ3) is 2.95. The highest BCUT2D eigenvalue weighted by Crippen LogP contribution is 2.22. The summed E-state index contributed by atoms with van der Waals surface area (Å²) < 4.78 is 4.07. The Bertz CT molecular complexity index is 733. The van der Waals surface area contributed by atoms with E-state index in [1.54, 1.807) is 16.8 Å². The van der Waals surface area contributed by atoms with Crippen molar-refractivity contribution in [2.45, 2.75) is 0 Å². The van der Waals surface area contributed by atoms with Gasteiger partial charge < -0.3 is 5.11 Å². The molecule has 0 aliphatic rings. The minimum absolute atomic E-state index is 0.244. The average Bonchev–Trinajstić information content (AvgIpc) is 2.88. The van der Waals surface area contributed by atoms with Crippen molar-refractivity contribution >= 4 is 45.2 Å². The number of phenols is 1. The van der Waals surface area contributed by atoms with Crippen LogP contribution in [-0.2, 0) is 0 Å². The maximum atomic E-state index is 9.30. The quantitative estimate of drug-likeness (QED) is 0.557. The molecule has 4 nitrogen and oxygen atoms in total. The number of benzene rings is 2. The smallest absolute Gasteiger partial charge is 0.115 e. The maximum Gasteiger partial charge on any atom is 0.115 e. The van der Waals surface area contributed by atoms with E-state index in [2.05, 4.69) is 73.7 Å². The minimum Gasteiger partial charge on any atom is -0.508 e. The van der Waals surface area contributed by atoms with Crippen molar-refractivity contribution in [1.29, 1.82) is 0 Å². The molecule has 3 rings (SSSR count). The zero-order chi connectivity index (χ0) is 14.1. The van der Waals surface area contributed by atoms with Gasteiger partial charge in [-0.1, -0.05) is 5.21 Å². The molecule has 0 aliphatic carbocycles. The summed E-state index contributed by atoms with van der Waals surface area (Å²) in [5.74, 6) is 0.244. The van der Waals surface area contributed by atoms with Gasteiger partial charge in [-0.05, 0) is 87.6 Å². The molecule has 0 saturated heterocycles. The Hall–Kier alpha value is -1.16. The molecule has 3 aromatic rings. The van der Waals surface area contributed by atoms with Gasteiger partial charge in [-0.3, -0.25) is 0 Å². The molecule has 0 spiro atoms. The van der Waals surface area contributed by atoms with E-state index >= 15 is 0 Å². The monoisotopic (exact) mass is 489 g/mol. The van der Waals surface area contributed by atoms with Gasteiger partial charge in [-0.15, -0.1) is 5.10 Å². The molecule has 0 unspecified atom stereocenters. The summed E-state index contributed by atoms with van der Waals surface area (Å²) in [6.07, 6.45) is 1.88. The molecule has 1 aromatic heterocycles. The zero-order valence-electron chi connectivity index (χ0n) is 10.2. The number of halogens is 2. The molecule has 0 bridgehead atoms. The van der Waals surface area contributed by atoms with Crippen LogP contribution in [0.4, 0.5) is 0 Å². The van der Waals surface area contributed by atoms with Crippen LogP contribution in [0, 0.1) is 7.14 Å². The van der Waals surface area contributed by atoms with Crippen LogP contribution in [0.3, 0.4) is 0 Å². The molecule has 0 aliphatic heterocycles. The molecule has 2 aromatic carbocycles. The normalized spacial score (nSPS) is 10.7. The van der Waals surface area contributed by atoms with E-state index in [9.17, 15) is 5.11 Å². The van der Waals surface area contributed by atoms with E-state index < -0.39 is 0 Å². The van der Waals surface area contributed by atoms with Crippen molar-refractivity contribution in [2.24, 2.45) is 0 Å². The van der Waals surface area contributed by atoms with Crippen LogP contribution >= 0.6 is 45.2 Å². The Kier molecular flexibility index (Phi) is 3.92. The highest BCUT2D eigenvalue weighted by atomic mass is 127. The van der Waals surface area contributed by atoms with Crippen LogP contribution < -0.4 is 0 Å². The predicted octanol–water partition coefficient (Wildman–Crippen LogP) is 3.85. The Morgan fingerprint density at radius 3 is 2.25 bits per heavy atom. The molecule has 6 heteroatoms. The van der Waals surface area contributed by atoms with E-state index in [1.165, 1.54) is 0 Å². The molecule has 1 N–H and O–H groups in total. The van der Waals surface area contributed by atoms with Crippen molar-refractivity contribution in [3.05, 3.63) is 55.8 Å². The highest BCUT2D eigenvalue weighted by molar-refractivity contribution is 14.1. The van der Waals surface area contributed by atoms with Gasteiger partial charge in [-0.25, -0.2) is 4.68 Å². The molecule has 0 radical (unpaired) electrons. The second-order valence-electron chi connectivity index (χ2n) is 4.22. The summed E-state index contributed by atoms with van der Waals surface area (Å²) in [5, 5.41) is 17.6. The van der Waals surface area contributed by atoms with Crippen LogP contribution in [0.25, 0.3) is 16.9 Å². The second kappa shape index (κ2) is 5.68. The lowest BCUT2D eigenvalue weighted by atomic mass is 10.2. The number of hydrogen-bond donors (Lipinski definition) is 1. The van der Waals surface area contributed by atoms with Crippen molar-refractivity contribution in [1.82, 2.24) is 15.0 Å². The van der Waals surface area contributed by atoms with Crippen LogP contribution in [-0.4, -0.2) is 20.1 Å². The summed E-state index contributed by atoms with van der Waals surface area (Å²) in [6.45, 7) is 0. The summed E-state index contributed by atoms with van der Waals surface area (Å²) in [5.41, 5.74) is 2.69. The Morgan fingerprint density at radius 1 is 0.950 bits per heavy atom. The lowest BCUT2D eigenvalue weighted by Gasteiger charge is -2.02. The number of rotatable bonds is 2. The maximum absolute atomic E-state index is 9.30. The molecule has 0 atom stereocenters. The van der Waals surface area contributed by atoms with Crippen molar-refractivity contribution in [2.75, 3.05) is 0 Å². The zero-order valence-corrected chi connectivity index (χ0v) is 14.5. The van der Waals surface area contributed by atoms with Gasteiger partial charge in [0.05, 0.1) is 11.9 Å². The summed E-state index contributed by atoms with van der Waals surface area (Å²) >= 11 is 4.57. The van der Waals surface area contributed by atoms with Crippen LogP contribution in [0.15, 0.2) is 48.7 Å². The van der Waals surface area contributed by atoms with Crippen molar-refractivity contribution in [3.63, 3.8) is 0 Å². The third-order valence-electron chi connectivity index (χ3n) is 2.77. The molecule has 1 heterocycles. The van der Waals surface area contributed by atoms with Crippen LogP contribution in [0.2, 0.25) is 0 Å². The van der Waals surface area contributed by atoms with Gasteiger partial charge >= 0.3 is 0 Å². The first-order chi connectivity index (χ1) is 9.61. The van der Waals surface area contributed by atoms with Gasteiger partial charge in [0.15, 0.2) is 0 Å².